The van der Waals surface area contributed by atoms with Crippen molar-refractivity contribution < 1.29 is 17.7 Å². The number of halogens is 2. The van der Waals surface area contributed by atoms with Crippen LogP contribution in [-0.2, 0) is 25.1 Å². The summed E-state index contributed by atoms with van der Waals surface area (Å²) in [4.78, 5) is 29.1. The number of aromatic nitrogens is 4. The van der Waals surface area contributed by atoms with Gasteiger partial charge in [0.1, 0.15) is 16.9 Å². The van der Waals surface area contributed by atoms with Crippen LogP contribution in [0.1, 0.15) is 5.56 Å². The highest BCUT2D eigenvalue weighted by atomic mass is 32.2. The molecule has 0 saturated carbocycles. The van der Waals surface area contributed by atoms with Crippen molar-refractivity contribution in [1.29, 1.82) is 0 Å². The zero-order chi connectivity index (χ0) is 28.3. The van der Waals surface area contributed by atoms with Crippen LogP contribution in [-0.4, -0.2) is 22.3 Å². The first-order valence-corrected chi connectivity index (χ1v) is 13.3. The molecule has 3 heterocycles. The van der Waals surface area contributed by atoms with Crippen LogP contribution >= 0.6 is 0 Å². The molecule has 3 aromatic carbocycles. The van der Waals surface area contributed by atoms with Crippen molar-refractivity contribution in [2.24, 2.45) is 14.1 Å². The Hall–Kier alpha value is -4.77. The van der Waals surface area contributed by atoms with Gasteiger partial charge in [-0.15, -0.1) is 0 Å². The number of ether oxygens (including phenoxy) is 1. The van der Waals surface area contributed by atoms with Gasteiger partial charge in [-0.05, 0) is 49.4 Å². The molecule has 40 heavy (non-hydrogen) atoms. The number of aromatic amines is 1. The zero-order valence-corrected chi connectivity index (χ0v) is 22.4. The van der Waals surface area contributed by atoms with Crippen LogP contribution in [0.5, 0.6) is 11.5 Å². The minimum absolute atomic E-state index is 0.105. The molecule has 0 radical (unpaired) electrons. The molecule has 11 heteroatoms. The number of nitrogens with one attached hydrogen (secondary N) is 1. The molecule has 0 fully saturated rings. The molecule has 6 aromatic rings. The van der Waals surface area contributed by atoms with E-state index < -0.39 is 28.3 Å². The molecule has 0 bridgehead atoms. The molecule has 1 atom stereocenters. The maximum absolute atomic E-state index is 14.7. The highest BCUT2D eigenvalue weighted by Crippen LogP contribution is 2.41. The molecule has 202 valence electrons. The van der Waals surface area contributed by atoms with Gasteiger partial charge in [-0.25, -0.2) is 17.8 Å². The molecule has 1 unspecified atom stereocenters. The fourth-order valence-corrected chi connectivity index (χ4v) is 5.82. The van der Waals surface area contributed by atoms with E-state index in [-0.39, 0.29) is 22.6 Å². The van der Waals surface area contributed by atoms with E-state index in [1.165, 1.54) is 13.1 Å². The molecule has 3 aromatic heterocycles. The van der Waals surface area contributed by atoms with E-state index >= 15 is 0 Å². The van der Waals surface area contributed by atoms with Crippen molar-refractivity contribution in [3.05, 3.63) is 111 Å². The number of aryl methyl sites for hydroxylation is 3. The van der Waals surface area contributed by atoms with Crippen LogP contribution in [0, 0.1) is 18.6 Å². The monoisotopic (exact) mass is 560 g/mol. The Morgan fingerprint density at radius 3 is 2.40 bits per heavy atom. The topological polar surface area (TPSA) is 91.0 Å². The zero-order valence-electron chi connectivity index (χ0n) is 21.6. The van der Waals surface area contributed by atoms with Gasteiger partial charge < -0.3 is 14.3 Å². The SMILES string of the molecule is Cc1ccc(S(=O)n2ccc3c(-c4ccc5c([nH]c(=O)n5C)c4Oc4ccc(F)cc4F)cn(C)c(=O)c32)cc1. The lowest BCUT2D eigenvalue weighted by Gasteiger charge is -2.15. The Bertz CT molecular complexity index is 2110. The average molecular weight is 561 g/mol. The molecule has 0 aliphatic carbocycles. The summed E-state index contributed by atoms with van der Waals surface area (Å²) in [5.41, 5.74) is 2.14. The van der Waals surface area contributed by atoms with Crippen LogP contribution in [0.4, 0.5) is 8.78 Å². The van der Waals surface area contributed by atoms with Gasteiger partial charge >= 0.3 is 5.69 Å². The highest BCUT2D eigenvalue weighted by molar-refractivity contribution is 7.83. The van der Waals surface area contributed by atoms with Crippen molar-refractivity contribution >= 4 is 32.9 Å². The third kappa shape index (κ3) is 4.06. The van der Waals surface area contributed by atoms with E-state index in [9.17, 15) is 22.6 Å². The molecule has 0 amide bonds. The number of benzene rings is 3. The maximum Gasteiger partial charge on any atom is 0.326 e. The first-order chi connectivity index (χ1) is 19.1. The number of imidazole rings is 1. The summed E-state index contributed by atoms with van der Waals surface area (Å²) in [6, 6.07) is 15.2. The Morgan fingerprint density at radius 1 is 0.925 bits per heavy atom. The van der Waals surface area contributed by atoms with Crippen molar-refractivity contribution in [2.45, 2.75) is 11.8 Å². The predicted molar refractivity (Wildman–Crippen MR) is 149 cm³/mol. The number of rotatable bonds is 5. The second-order valence-corrected chi connectivity index (χ2v) is 10.8. The summed E-state index contributed by atoms with van der Waals surface area (Å²) in [6.07, 6.45) is 3.18. The van der Waals surface area contributed by atoms with Gasteiger partial charge in [-0.3, -0.25) is 13.3 Å². The Labute approximate surface area is 228 Å². The van der Waals surface area contributed by atoms with Gasteiger partial charge in [0.25, 0.3) is 5.56 Å². The van der Waals surface area contributed by atoms with E-state index in [1.54, 1.807) is 56.8 Å². The second kappa shape index (κ2) is 9.45. The summed E-state index contributed by atoms with van der Waals surface area (Å²) in [5.74, 6) is -1.84. The molecule has 0 aliphatic rings. The third-order valence-corrected chi connectivity index (χ3v) is 8.16. The molecule has 0 aliphatic heterocycles. The van der Waals surface area contributed by atoms with Crippen molar-refractivity contribution in [2.75, 3.05) is 0 Å². The first kappa shape index (κ1) is 25.5. The van der Waals surface area contributed by atoms with Crippen LogP contribution in [0.2, 0.25) is 0 Å². The molecular formula is C29H22F2N4O4S. The van der Waals surface area contributed by atoms with Crippen LogP contribution < -0.4 is 16.0 Å². The van der Waals surface area contributed by atoms with Crippen molar-refractivity contribution in [1.82, 2.24) is 18.1 Å². The van der Waals surface area contributed by atoms with Gasteiger partial charge in [0.05, 0.1) is 10.4 Å². The quantitative estimate of drug-likeness (QED) is 0.316. The number of nitrogens with zero attached hydrogens (tertiary/aromatic N) is 3. The lowest BCUT2D eigenvalue weighted by atomic mass is 10.0. The summed E-state index contributed by atoms with van der Waals surface area (Å²) in [7, 11) is 1.44. The second-order valence-electron chi connectivity index (χ2n) is 9.43. The normalized spacial score (nSPS) is 12.3. The Morgan fingerprint density at radius 2 is 1.68 bits per heavy atom. The van der Waals surface area contributed by atoms with E-state index in [4.69, 9.17) is 4.74 Å². The molecule has 6 rings (SSSR count). The van der Waals surface area contributed by atoms with Gasteiger partial charge in [0.15, 0.2) is 28.3 Å². The standard InChI is InChI=1S/C29H22F2N4O4S/c1-16-4-7-18(8-5-16)40(38)35-13-12-19-21(15-33(2)28(36)26(19)35)20-9-10-23-25(32-29(37)34(23)3)27(20)39-24-11-6-17(30)14-22(24)31/h4-15H,1-3H3,(H,32,37). The summed E-state index contributed by atoms with van der Waals surface area (Å²) >= 11 is 0. The molecule has 1 N–H and O–H groups in total. The van der Waals surface area contributed by atoms with Gasteiger partial charge in [-0.2, -0.15) is 0 Å². The molecular weight excluding hydrogens is 538 g/mol. The smallest absolute Gasteiger partial charge is 0.326 e. The average Bonchev–Trinajstić information content (AvgIpc) is 3.50. The van der Waals surface area contributed by atoms with E-state index in [0.29, 0.717) is 38.5 Å². The highest BCUT2D eigenvalue weighted by Gasteiger charge is 2.23. The summed E-state index contributed by atoms with van der Waals surface area (Å²) in [6.45, 7) is 1.92. The van der Waals surface area contributed by atoms with E-state index in [0.717, 1.165) is 17.7 Å². The minimum atomic E-state index is -1.71. The Kier molecular flexibility index (Phi) is 6.03. The van der Waals surface area contributed by atoms with Gasteiger partial charge in [0.2, 0.25) is 0 Å². The number of hydrogen-bond donors (Lipinski definition) is 1. The largest absolute Gasteiger partial charge is 0.451 e. The molecule has 0 saturated heterocycles. The maximum atomic E-state index is 14.7. The van der Waals surface area contributed by atoms with Crippen LogP contribution in [0.15, 0.2) is 87.5 Å². The Balaban J connectivity index is 1.62. The van der Waals surface area contributed by atoms with Gasteiger partial charge in [-0.1, -0.05) is 17.7 Å². The lowest BCUT2D eigenvalue weighted by molar-refractivity contribution is 0.442. The van der Waals surface area contributed by atoms with Gasteiger partial charge in [0, 0.05) is 49.1 Å². The van der Waals surface area contributed by atoms with E-state index in [1.807, 2.05) is 19.1 Å². The molecule has 8 nitrogen and oxygen atoms in total. The van der Waals surface area contributed by atoms with Crippen LogP contribution in [0.25, 0.3) is 33.1 Å². The fourth-order valence-electron chi connectivity index (χ4n) is 4.71. The lowest BCUT2D eigenvalue weighted by Crippen LogP contribution is -2.20. The summed E-state index contributed by atoms with van der Waals surface area (Å²) < 4.78 is 52.0. The first-order valence-electron chi connectivity index (χ1n) is 12.2. The minimum Gasteiger partial charge on any atom is -0.451 e. The summed E-state index contributed by atoms with van der Waals surface area (Å²) in [5, 5.41) is 0.477. The third-order valence-electron chi connectivity index (χ3n) is 6.82. The van der Waals surface area contributed by atoms with Crippen molar-refractivity contribution in [3.8, 4) is 22.6 Å². The number of fused-ring (bicyclic) bond motifs is 2. The van der Waals surface area contributed by atoms with E-state index in [2.05, 4.69) is 4.98 Å². The fraction of sp³-hybridized carbons (Fsp3) is 0.103. The number of pyridine rings is 1. The molecule has 0 spiro atoms. The number of H-pyrrole nitrogens is 1. The van der Waals surface area contributed by atoms with Crippen molar-refractivity contribution in [3.63, 3.8) is 0 Å². The number of hydrogen-bond acceptors (Lipinski definition) is 4. The predicted octanol–water partition coefficient (Wildman–Crippen LogP) is 5.14. The van der Waals surface area contributed by atoms with Crippen LogP contribution in [0.3, 0.4) is 0 Å².